The highest BCUT2D eigenvalue weighted by Crippen LogP contribution is 2.24. The first kappa shape index (κ1) is 19.0. The largest absolute Gasteiger partial charge is 0.492 e. The van der Waals surface area contributed by atoms with Crippen molar-refractivity contribution in [3.63, 3.8) is 0 Å². The number of halogens is 1. The Bertz CT molecular complexity index is 990. The lowest BCUT2D eigenvalue weighted by Gasteiger charge is -2.11. The number of aromatic nitrogens is 1. The van der Waals surface area contributed by atoms with Crippen LogP contribution < -0.4 is 15.4 Å². The van der Waals surface area contributed by atoms with Crippen LogP contribution in [0.25, 0.3) is 0 Å². The fraction of sp³-hybridized carbons (Fsp3) is 0.0952. The molecule has 28 heavy (non-hydrogen) atoms. The van der Waals surface area contributed by atoms with Crippen molar-refractivity contribution < 1.29 is 18.7 Å². The summed E-state index contributed by atoms with van der Waals surface area (Å²) in [4.78, 5) is 28.9. The van der Waals surface area contributed by atoms with E-state index in [0.717, 1.165) is 0 Å². The van der Waals surface area contributed by atoms with Gasteiger partial charge < -0.3 is 15.4 Å². The summed E-state index contributed by atoms with van der Waals surface area (Å²) in [7, 11) is 0. The zero-order valence-corrected chi connectivity index (χ0v) is 15.1. The molecule has 0 spiro atoms. The molecule has 2 N–H and O–H groups in total. The zero-order valence-electron chi connectivity index (χ0n) is 15.1. The summed E-state index contributed by atoms with van der Waals surface area (Å²) < 4.78 is 18.5. The Kier molecular flexibility index (Phi) is 5.96. The van der Waals surface area contributed by atoms with Gasteiger partial charge in [-0.3, -0.25) is 14.6 Å². The molecule has 142 valence electrons. The first-order valence-electron chi connectivity index (χ1n) is 8.63. The van der Waals surface area contributed by atoms with Crippen molar-refractivity contribution in [2.24, 2.45) is 0 Å². The number of nitrogens with zero attached hydrogens (tertiary/aromatic N) is 1. The number of ether oxygens (including phenoxy) is 1. The Balaban J connectivity index is 1.74. The topological polar surface area (TPSA) is 80.3 Å². The van der Waals surface area contributed by atoms with Crippen LogP contribution in [0.1, 0.15) is 27.8 Å². The summed E-state index contributed by atoms with van der Waals surface area (Å²) in [6, 6.07) is 15.3. The third-order valence-electron chi connectivity index (χ3n) is 3.79. The number of nitrogens with one attached hydrogen (secondary N) is 2. The normalized spacial score (nSPS) is 10.2. The summed E-state index contributed by atoms with van der Waals surface area (Å²) in [5.41, 5.74) is 1.29. The second-order valence-electron chi connectivity index (χ2n) is 5.77. The monoisotopic (exact) mass is 379 g/mol. The third kappa shape index (κ3) is 4.70. The molecule has 0 aliphatic carbocycles. The Labute approximate surface area is 161 Å². The molecule has 0 unspecified atom stereocenters. The van der Waals surface area contributed by atoms with Crippen LogP contribution in [-0.2, 0) is 0 Å². The molecule has 1 aromatic heterocycles. The van der Waals surface area contributed by atoms with Crippen LogP contribution in [0.5, 0.6) is 5.75 Å². The van der Waals surface area contributed by atoms with Gasteiger partial charge in [-0.15, -0.1) is 0 Å². The Hall–Kier alpha value is -3.74. The Morgan fingerprint density at radius 3 is 2.50 bits per heavy atom. The van der Waals surface area contributed by atoms with E-state index in [9.17, 15) is 14.0 Å². The molecule has 2 amide bonds. The van der Waals surface area contributed by atoms with Gasteiger partial charge in [0.25, 0.3) is 11.8 Å². The molecule has 0 fully saturated rings. The smallest absolute Gasteiger partial charge is 0.274 e. The van der Waals surface area contributed by atoms with Crippen LogP contribution in [0, 0.1) is 5.82 Å². The van der Waals surface area contributed by atoms with Gasteiger partial charge in [0, 0.05) is 17.4 Å². The van der Waals surface area contributed by atoms with E-state index in [1.54, 1.807) is 18.2 Å². The average molecular weight is 379 g/mol. The van der Waals surface area contributed by atoms with Crippen molar-refractivity contribution in [3.8, 4) is 5.75 Å². The van der Waals surface area contributed by atoms with E-state index < -0.39 is 17.6 Å². The van der Waals surface area contributed by atoms with Gasteiger partial charge in [-0.25, -0.2) is 4.39 Å². The summed E-state index contributed by atoms with van der Waals surface area (Å²) in [6.07, 6.45) is 1.38. The first-order valence-corrected chi connectivity index (χ1v) is 8.63. The molecule has 6 nitrogen and oxygen atoms in total. The molecule has 3 aromatic rings. The van der Waals surface area contributed by atoms with Gasteiger partial charge in [0.05, 0.1) is 12.3 Å². The van der Waals surface area contributed by atoms with Gasteiger partial charge >= 0.3 is 0 Å². The lowest BCUT2D eigenvalue weighted by atomic mass is 10.2. The number of pyridine rings is 1. The molecule has 0 bridgehead atoms. The van der Waals surface area contributed by atoms with Crippen LogP contribution in [0.4, 0.5) is 15.8 Å². The molecule has 2 aromatic carbocycles. The number of para-hydroxylation sites is 2. The average Bonchev–Trinajstić information content (AvgIpc) is 2.71. The van der Waals surface area contributed by atoms with Crippen LogP contribution in [0.15, 0.2) is 66.9 Å². The second-order valence-corrected chi connectivity index (χ2v) is 5.77. The molecule has 0 radical (unpaired) electrons. The highest BCUT2D eigenvalue weighted by atomic mass is 19.1. The lowest BCUT2D eigenvalue weighted by Crippen LogP contribution is -2.17. The van der Waals surface area contributed by atoms with Crippen LogP contribution >= 0.6 is 0 Å². The predicted molar refractivity (Wildman–Crippen MR) is 104 cm³/mol. The summed E-state index contributed by atoms with van der Waals surface area (Å²) >= 11 is 0. The minimum atomic E-state index is -0.504. The number of benzene rings is 2. The maximum Gasteiger partial charge on any atom is 0.274 e. The van der Waals surface area contributed by atoms with Crippen molar-refractivity contribution >= 4 is 23.2 Å². The molecular formula is C21H18FN3O3. The SMILES string of the molecule is CCOc1ccccc1NC(=O)c1ccnc(C(=O)Nc2ccc(F)cc2)c1. The first-order chi connectivity index (χ1) is 13.6. The van der Waals surface area contributed by atoms with Crippen molar-refractivity contribution in [2.75, 3.05) is 17.2 Å². The van der Waals surface area contributed by atoms with E-state index in [2.05, 4.69) is 15.6 Å². The maximum absolute atomic E-state index is 13.0. The summed E-state index contributed by atoms with van der Waals surface area (Å²) in [6.45, 7) is 2.32. The van der Waals surface area contributed by atoms with E-state index in [1.807, 2.05) is 13.0 Å². The molecule has 1 heterocycles. The van der Waals surface area contributed by atoms with Gasteiger partial charge in [0.15, 0.2) is 0 Å². The third-order valence-corrected chi connectivity index (χ3v) is 3.79. The van der Waals surface area contributed by atoms with Crippen molar-refractivity contribution in [1.29, 1.82) is 0 Å². The van der Waals surface area contributed by atoms with Crippen molar-refractivity contribution in [1.82, 2.24) is 4.98 Å². The minimum absolute atomic E-state index is 0.0649. The van der Waals surface area contributed by atoms with E-state index in [1.165, 1.54) is 42.6 Å². The van der Waals surface area contributed by atoms with Gasteiger partial charge in [0.2, 0.25) is 0 Å². The van der Waals surface area contributed by atoms with Gasteiger partial charge in [-0.1, -0.05) is 12.1 Å². The molecule has 0 aliphatic heterocycles. The minimum Gasteiger partial charge on any atom is -0.492 e. The van der Waals surface area contributed by atoms with Crippen LogP contribution in [0.3, 0.4) is 0 Å². The molecule has 3 rings (SSSR count). The number of hydrogen-bond acceptors (Lipinski definition) is 4. The quantitative estimate of drug-likeness (QED) is 0.675. The number of rotatable bonds is 6. The van der Waals surface area contributed by atoms with E-state index in [4.69, 9.17) is 4.74 Å². The summed E-state index contributed by atoms with van der Waals surface area (Å²) in [5, 5.41) is 5.38. The number of amides is 2. The molecule has 0 saturated carbocycles. The fourth-order valence-corrected chi connectivity index (χ4v) is 2.47. The van der Waals surface area contributed by atoms with Crippen molar-refractivity contribution in [2.45, 2.75) is 6.92 Å². The predicted octanol–water partition coefficient (Wildman–Crippen LogP) is 4.12. The van der Waals surface area contributed by atoms with E-state index in [0.29, 0.717) is 23.7 Å². The highest BCUT2D eigenvalue weighted by Gasteiger charge is 2.14. The van der Waals surface area contributed by atoms with E-state index >= 15 is 0 Å². The van der Waals surface area contributed by atoms with E-state index in [-0.39, 0.29) is 11.3 Å². The number of carbonyl (C=O) groups excluding carboxylic acids is 2. The number of hydrogen-bond donors (Lipinski definition) is 2. The fourth-order valence-electron chi connectivity index (χ4n) is 2.47. The Morgan fingerprint density at radius 2 is 1.75 bits per heavy atom. The number of anilines is 2. The molecular weight excluding hydrogens is 361 g/mol. The molecule has 0 aliphatic rings. The lowest BCUT2D eigenvalue weighted by molar-refractivity contribution is 0.102. The van der Waals surface area contributed by atoms with Gasteiger partial charge in [0.1, 0.15) is 17.3 Å². The molecule has 0 saturated heterocycles. The standard InChI is InChI=1S/C21H18FN3O3/c1-2-28-19-6-4-3-5-17(19)25-20(26)14-11-12-23-18(13-14)21(27)24-16-9-7-15(22)8-10-16/h3-13H,2H2,1H3,(H,24,27)(H,25,26). The second kappa shape index (κ2) is 8.77. The highest BCUT2D eigenvalue weighted by molar-refractivity contribution is 6.08. The van der Waals surface area contributed by atoms with Crippen molar-refractivity contribution in [3.05, 3.63) is 83.9 Å². The van der Waals surface area contributed by atoms with Gasteiger partial charge in [-0.05, 0) is 55.5 Å². The van der Waals surface area contributed by atoms with Crippen LogP contribution in [0.2, 0.25) is 0 Å². The Morgan fingerprint density at radius 1 is 1.00 bits per heavy atom. The summed E-state index contributed by atoms with van der Waals surface area (Å²) in [5.74, 6) is -0.745. The van der Waals surface area contributed by atoms with Crippen LogP contribution in [-0.4, -0.2) is 23.4 Å². The zero-order chi connectivity index (χ0) is 19.9. The molecule has 0 atom stereocenters. The van der Waals surface area contributed by atoms with Gasteiger partial charge in [-0.2, -0.15) is 0 Å². The maximum atomic E-state index is 13.0. The number of carbonyl (C=O) groups is 2. The molecule has 7 heteroatoms.